The molecule has 13 heavy (non-hydrogen) atoms. The van der Waals surface area contributed by atoms with Gasteiger partial charge in [-0.25, -0.2) is 0 Å². The van der Waals surface area contributed by atoms with E-state index < -0.39 is 0 Å². The van der Waals surface area contributed by atoms with Crippen LogP contribution in [-0.4, -0.2) is 5.33 Å². The lowest BCUT2D eigenvalue weighted by molar-refractivity contribution is 0.363. The molecule has 0 saturated heterocycles. The lowest BCUT2D eigenvalue weighted by Gasteiger charge is -2.25. The van der Waals surface area contributed by atoms with E-state index in [0.717, 1.165) is 11.8 Å². The maximum absolute atomic E-state index is 3.59. The largest absolute Gasteiger partial charge is 0.148 e. The zero-order valence-corrected chi connectivity index (χ0v) is 11.9. The van der Waals surface area contributed by atoms with Gasteiger partial charge in [0, 0.05) is 14.7 Å². The van der Waals surface area contributed by atoms with Gasteiger partial charge in [0.25, 0.3) is 0 Å². The van der Waals surface area contributed by atoms with Crippen molar-refractivity contribution in [1.82, 2.24) is 0 Å². The Morgan fingerprint density at radius 2 is 2.23 bits per heavy atom. The average molecular weight is 326 g/mol. The Bertz CT molecular complexity index is 264. The van der Waals surface area contributed by atoms with Crippen LogP contribution in [0.5, 0.6) is 0 Å². The third kappa shape index (κ3) is 3.07. The smallest absolute Gasteiger partial charge is 0.0314 e. The molecule has 0 aliphatic heterocycles. The molecule has 0 N–H and O–H groups in total. The zero-order valence-electron chi connectivity index (χ0n) is 7.94. The fourth-order valence-electron chi connectivity index (χ4n) is 1.11. The van der Waals surface area contributed by atoms with Crippen LogP contribution in [0.2, 0.25) is 0 Å². The summed E-state index contributed by atoms with van der Waals surface area (Å²) in [6.45, 7) is 4.58. The van der Waals surface area contributed by atoms with Crippen LogP contribution in [0, 0.1) is 5.41 Å². The molecule has 1 aromatic rings. The molecular formula is C10H14Br2S. The van der Waals surface area contributed by atoms with Gasteiger partial charge in [-0.3, -0.25) is 0 Å². The first kappa shape index (κ1) is 11.7. The molecule has 0 amide bonds. The van der Waals surface area contributed by atoms with Gasteiger partial charge < -0.3 is 0 Å². The molecule has 0 aliphatic rings. The van der Waals surface area contributed by atoms with Crippen LogP contribution in [0.15, 0.2) is 15.9 Å². The van der Waals surface area contributed by atoms with Crippen molar-refractivity contribution in [2.75, 3.05) is 5.33 Å². The Balaban J connectivity index is 2.73. The second-order valence-electron chi connectivity index (χ2n) is 3.67. The van der Waals surface area contributed by atoms with E-state index in [9.17, 15) is 0 Å². The SMILES string of the molecule is CCC(C)(CBr)Cc1sccc1Br. The van der Waals surface area contributed by atoms with Gasteiger partial charge in [-0.15, -0.1) is 11.3 Å². The second kappa shape index (κ2) is 4.94. The fourth-order valence-corrected chi connectivity index (χ4v) is 3.41. The van der Waals surface area contributed by atoms with Crippen molar-refractivity contribution in [1.29, 1.82) is 0 Å². The highest BCUT2D eigenvalue weighted by Gasteiger charge is 2.22. The summed E-state index contributed by atoms with van der Waals surface area (Å²) in [4.78, 5) is 1.46. The van der Waals surface area contributed by atoms with E-state index >= 15 is 0 Å². The Morgan fingerprint density at radius 1 is 1.54 bits per heavy atom. The lowest BCUT2D eigenvalue weighted by Crippen LogP contribution is -2.19. The first-order valence-electron chi connectivity index (χ1n) is 4.39. The van der Waals surface area contributed by atoms with Crippen LogP contribution in [0.4, 0.5) is 0 Å². The molecule has 0 saturated carbocycles. The molecule has 1 rings (SSSR count). The summed E-state index contributed by atoms with van der Waals surface area (Å²) < 4.78 is 1.26. The molecule has 0 nitrogen and oxygen atoms in total. The molecule has 0 bridgehead atoms. The molecular weight excluding hydrogens is 312 g/mol. The highest BCUT2D eigenvalue weighted by Crippen LogP contribution is 2.34. The predicted octanol–water partition coefficient (Wildman–Crippen LogP) is 4.86. The minimum absolute atomic E-state index is 0.396. The topological polar surface area (TPSA) is 0 Å². The van der Waals surface area contributed by atoms with E-state index in [1.54, 1.807) is 0 Å². The van der Waals surface area contributed by atoms with E-state index in [4.69, 9.17) is 0 Å². The lowest BCUT2D eigenvalue weighted by atomic mass is 9.86. The second-order valence-corrected chi connectivity index (χ2v) is 6.08. The zero-order chi connectivity index (χ0) is 9.90. The molecule has 0 aliphatic carbocycles. The Hall–Kier alpha value is 0.660. The molecule has 0 fully saturated rings. The van der Waals surface area contributed by atoms with Crippen molar-refractivity contribution in [3.05, 3.63) is 20.8 Å². The van der Waals surface area contributed by atoms with Crippen LogP contribution in [-0.2, 0) is 6.42 Å². The summed E-state index contributed by atoms with van der Waals surface area (Å²) >= 11 is 9.00. The van der Waals surface area contributed by atoms with Gasteiger partial charge in [0.1, 0.15) is 0 Å². The average Bonchev–Trinajstić information content (AvgIpc) is 2.52. The van der Waals surface area contributed by atoms with Gasteiger partial charge in [-0.05, 0) is 45.6 Å². The molecule has 74 valence electrons. The van der Waals surface area contributed by atoms with Crippen LogP contribution >= 0.6 is 43.2 Å². The summed E-state index contributed by atoms with van der Waals surface area (Å²) in [6, 6.07) is 2.13. The number of hydrogen-bond acceptors (Lipinski definition) is 1. The van der Waals surface area contributed by atoms with Crippen LogP contribution in [0.25, 0.3) is 0 Å². The summed E-state index contributed by atoms with van der Waals surface area (Å²) in [5.41, 5.74) is 0.396. The number of halogens is 2. The standard InChI is InChI=1S/C10H14Br2S/c1-3-10(2,7-11)6-9-8(12)4-5-13-9/h4-5H,3,6-7H2,1-2H3. The number of thiophene rings is 1. The number of hydrogen-bond donors (Lipinski definition) is 0. The fraction of sp³-hybridized carbons (Fsp3) is 0.600. The van der Waals surface area contributed by atoms with Crippen LogP contribution in [0.3, 0.4) is 0 Å². The molecule has 1 aromatic heterocycles. The third-order valence-corrected chi connectivity index (χ3v) is 5.73. The van der Waals surface area contributed by atoms with E-state index in [2.05, 4.69) is 57.2 Å². The van der Waals surface area contributed by atoms with Gasteiger partial charge in [0.2, 0.25) is 0 Å². The summed E-state index contributed by atoms with van der Waals surface area (Å²) in [5, 5.41) is 3.21. The number of rotatable bonds is 4. The van der Waals surface area contributed by atoms with Crippen molar-refractivity contribution in [3.8, 4) is 0 Å². The minimum Gasteiger partial charge on any atom is -0.148 e. The maximum atomic E-state index is 3.59. The first-order chi connectivity index (χ1) is 6.11. The minimum atomic E-state index is 0.396. The van der Waals surface area contributed by atoms with Gasteiger partial charge in [-0.1, -0.05) is 29.8 Å². The van der Waals surface area contributed by atoms with E-state index in [1.807, 2.05) is 11.3 Å². The molecule has 0 spiro atoms. The number of alkyl halides is 1. The van der Waals surface area contributed by atoms with Crippen LogP contribution < -0.4 is 0 Å². The van der Waals surface area contributed by atoms with E-state index in [-0.39, 0.29) is 0 Å². The predicted molar refractivity (Wildman–Crippen MR) is 67.9 cm³/mol. The van der Waals surface area contributed by atoms with E-state index in [0.29, 0.717) is 5.41 Å². The van der Waals surface area contributed by atoms with Crippen molar-refractivity contribution in [2.24, 2.45) is 5.41 Å². The molecule has 1 unspecified atom stereocenters. The quantitative estimate of drug-likeness (QED) is 0.693. The molecule has 3 heteroatoms. The van der Waals surface area contributed by atoms with Gasteiger partial charge in [-0.2, -0.15) is 0 Å². The van der Waals surface area contributed by atoms with Crippen molar-refractivity contribution >= 4 is 43.2 Å². The molecule has 1 atom stereocenters. The van der Waals surface area contributed by atoms with Crippen LogP contribution in [0.1, 0.15) is 25.1 Å². The highest BCUT2D eigenvalue weighted by atomic mass is 79.9. The van der Waals surface area contributed by atoms with E-state index in [1.165, 1.54) is 15.8 Å². The monoisotopic (exact) mass is 324 g/mol. The summed E-state index contributed by atoms with van der Waals surface area (Å²) in [7, 11) is 0. The summed E-state index contributed by atoms with van der Waals surface area (Å²) in [6.07, 6.45) is 2.37. The first-order valence-corrected chi connectivity index (χ1v) is 7.18. The third-order valence-electron chi connectivity index (χ3n) is 2.45. The van der Waals surface area contributed by atoms with Gasteiger partial charge >= 0.3 is 0 Å². The highest BCUT2D eigenvalue weighted by molar-refractivity contribution is 9.10. The molecule has 0 radical (unpaired) electrons. The summed E-state index contributed by atoms with van der Waals surface area (Å²) in [5.74, 6) is 0. The normalized spacial score (nSPS) is 15.7. The van der Waals surface area contributed by atoms with Crippen molar-refractivity contribution < 1.29 is 0 Å². The maximum Gasteiger partial charge on any atom is 0.0314 e. The van der Waals surface area contributed by atoms with Gasteiger partial charge in [0.05, 0.1) is 0 Å². The molecule has 1 heterocycles. The Labute approximate surface area is 101 Å². The molecule has 0 aromatic carbocycles. The Kier molecular flexibility index (Phi) is 4.46. The Morgan fingerprint density at radius 3 is 2.62 bits per heavy atom. The van der Waals surface area contributed by atoms with Gasteiger partial charge in [0.15, 0.2) is 0 Å². The van der Waals surface area contributed by atoms with Crippen molar-refractivity contribution in [3.63, 3.8) is 0 Å². The van der Waals surface area contributed by atoms with Crippen molar-refractivity contribution in [2.45, 2.75) is 26.7 Å².